The molecule has 1 amide bonds. The summed E-state index contributed by atoms with van der Waals surface area (Å²) in [5.74, 6) is -0.0818. The first-order valence-corrected chi connectivity index (χ1v) is 9.56. The highest BCUT2D eigenvalue weighted by atomic mass is 16.1. The van der Waals surface area contributed by atoms with E-state index in [1.165, 1.54) is 5.56 Å². The molecule has 3 aromatic carbocycles. The number of rotatable bonds is 5. The van der Waals surface area contributed by atoms with Crippen LogP contribution in [0.5, 0.6) is 0 Å². The summed E-state index contributed by atoms with van der Waals surface area (Å²) < 4.78 is 0. The number of aromatic nitrogens is 1. The van der Waals surface area contributed by atoms with E-state index < -0.39 is 0 Å². The molecule has 0 aliphatic carbocycles. The molecule has 0 aliphatic rings. The molecule has 0 saturated carbocycles. The SMILES string of the molecule is CCc1ccccc1CNC(=O)c1cc(-c2ccccc2)nc2ccccc12. The molecule has 3 heteroatoms. The van der Waals surface area contributed by atoms with Crippen LogP contribution in [-0.2, 0) is 13.0 Å². The van der Waals surface area contributed by atoms with Gasteiger partial charge >= 0.3 is 0 Å². The van der Waals surface area contributed by atoms with Crippen LogP contribution < -0.4 is 5.32 Å². The second-order valence-corrected chi connectivity index (χ2v) is 6.74. The van der Waals surface area contributed by atoms with Gasteiger partial charge < -0.3 is 5.32 Å². The average molecular weight is 366 g/mol. The minimum atomic E-state index is -0.0818. The minimum absolute atomic E-state index is 0.0818. The van der Waals surface area contributed by atoms with Crippen LogP contribution in [0.2, 0.25) is 0 Å². The fraction of sp³-hybridized carbons (Fsp3) is 0.120. The molecule has 1 aromatic heterocycles. The second kappa shape index (κ2) is 8.05. The van der Waals surface area contributed by atoms with Crippen molar-refractivity contribution in [1.29, 1.82) is 0 Å². The van der Waals surface area contributed by atoms with Gasteiger partial charge in [0, 0.05) is 17.5 Å². The third-order valence-electron chi connectivity index (χ3n) is 4.97. The summed E-state index contributed by atoms with van der Waals surface area (Å²) in [6.45, 7) is 2.64. The molecule has 1 heterocycles. The molecule has 3 nitrogen and oxygen atoms in total. The molecule has 0 unspecified atom stereocenters. The van der Waals surface area contributed by atoms with Crippen molar-refractivity contribution in [3.63, 3.8) is 0 Å². The van der Waals surface area contributed by atoms with Gasteiger partial charge in [0.1, 0.15) is 0 Å². The zero-order valence-corrected chi connectivity index (χ0v) is 15.9. The van der Waals surface area contributed by atoms with Gasteiger partial charge in [-0.2, -0.15) is 0 Å². The highest BCUT2D eigenvalue weighted by Gasteiger charge is 2.14. The highest BCUT2D eigenvalue weighted by Crippen LogP contribution is 2.25. The molecular formula is C25H22N2O. The summed E-state index contributed by atoms with van der Waals surface area (Å²) in [7, 11) is 0. The molecule has 138 valence electrons. The topological polar surface area (TPSA) is 42.0 Å². The highest BCUT2D eigenvalue weighted by molar-refractivity contribution is 6.07. The predicted molar refractivity (Wildman–Crippen MR) is 114 cm³/mol. The number of nitrogens with one attached hydrogen (secondary N) is 1. The third-order valence-corrected chi connectivity index (χ3v) is 4.97. The van der Waals surface area contributed by atoms with Gasteiger partial charge in [-0.15, -0.1) is 0 Å². The van der Waals surface area contributed by atoms with Crippen LogP contribution in [0.4, 0.5) is 0 Å². The second-order valence-electron chi connectivity index (χ2n) is 6.74. The van der Waals surface area contributed by atoms with E-state index in [0.717, 1.165) is 34.1 Å². The van der Waals surface area contributed by atoms with Crippen molar-refractivity contribution < 1.29 is 4.79 Å². The Bertz CT molecular complexity index is 1120. The van der Waals surface area contributed by atoms with Crippen LogP contribution in [0.25, 0.3) is 22.2 Å². The maximum absolute atomic E-state index is 13.1. The van der Waals surface area contributed by atoms with E-state index >= 15 is 0 Å². The number of nitrogens with zero attached hydrogens (tertiary/aromatic N) is 1. The van der Waals surface area contributed by atoms with Crippen LogP contribution in [0.3, 0.4) is 0 Å². The van der Waals surface area contributed by atoms with Gasteiger partial charge in [-0.25, -0.2) is 4.98 Å². The first kappa shape index (κ1) is 17.9. The number of carbonyl (C=O) groups excluding carboxylic acids is 1. The van der Waals surface area contributed by atoms with E-state index in [1.807, 2.05) is 72.8 Å². The molecular weight excluding hydrogens is 344 g/mol. The maximum atomic E-state index is 13.1. The molecule has 4 aromatic rings. The van der Waals surface area contributed by atoms with Crippen LogP contribution in [0.15, 0.2) is 84.9 Å². The quantitative estimate of drug-likeness (QED) is 0.514. The van der Waals surface area contributed by atoms with E-state index in [-0.39, 0.29) is 5.91 Å². The number of hydrogen-bond donors (Lipinski definition) is 1. The largest absolute Gasteiger partial charge is 0.348 e. The minimum Gasteiger partial charge on any atom is -0.348 e. The van der Waals surface area contributed by atoms with E-state index in [0.29, 0.717) is 12.1 Å². The van der Waals surface area contributed by atoms with Gasteiger partial charge in [-0.1, -0.05) is 79.7 Å². The van der Waals surface area contributed by atoms with E-state index in [9.17, 15) is 4.79 Å². The number of hydrogen-bond acceptors (Lipinski definition) is 2. The van der Waals surface area contributed by atoms with Crippen molar-refractivity contribution in [3.8, 4) is 11.3 Å². The Morgan fingerprint density at radius 3 is 2.32 bits per heavy atom. The van der Waals surface area contributed by atoms with Crippen LogP contribution in [0.1, 0.15) is 28.4 Å². The van der Waals surface area contributed by atoms with Crippen LogP contribution >= 0.6 is 0 Å². The normalized spacial score (nSPS) is 10.8. The first-order valence-electron chi connectivity index (χ1n) is 9.56. The number of pyridine rings is 1. The predicted octanol–water partition coefficient (Wildman–Crippen LogP) is 5.39. The Kier molecular flexibility index (Phi) is 5.16. The van der Waals surface area contributed by atoms with Crippen molar-refractivity contribution in [1.82, 2.24) is 10.3 Å². The molecule has 0 atom stereocenters. The van der Waals surface area contributed by atoms with Gasteiger partial charge in [-0.3, -0.25) is 4.79 Å². The molecule has 0 saturated heterocycles. The van der Waals surface area contributed by atoms with Crippen molar-refractivity contribution >= 4 is 16.8 Å². The zero-order valence-electron chi connectivity index (χ0n) is 15.9. The summed E-state index contributed by atoms with van der Waals surface area (Å²) in [6, 6.07) is 27.9. The number of aryl methyl sites for hydroxylation is 1. The maximum Gasteiger partial charge on any atom is 0.252 e. The fourth-order valence-electron chi connectivity index (χ4n) is 3.47. The lowest BCUT2D eigenvalue weighted by Gasteiger charge is -2.12. The molecule has 0 spiro atoms. The summed E-state index contributed by atoms with van der Waals surface area (Å²) in [4.78, 5) is 17.8. The lowest BCUT2D eigenvalue weighted by Crippen LogP contribution is -2.23. The summed E-state index contributed by atoms with van der Waals surface area (Å²) in [5, 5.41) is 3.96. The Labute approximate surface area is 165 Å². The first-order chi connectivity index (χ1) is 13.8. The van der Waals surface area contributed by atoms with E-state index in [1.54, 1.807) is 0 Å². The van der Waals surface area contributed by atoms with Gasteiger partial charge in [0.2, 0.25) is 0 Å². The molecule has 0 radical (unpaired) electrons. The van der Waals surface area contributed by atoms with Crippen molar-refractivity contribution in [2.75, 3.05) is 0 Å². The molecule has 0 bridgehead atoms. The van der Waals surface area contributed by atoms with Crippen molar-refractivity contribution in [2.24, 2.45) is 0 Å². The smallest absolute Gasteiger partial charge is 0.252 e. The third kappa shape index (κ3) is 3.65. The molecule has 4 rings (SSSR count). The summed E-state index contributed by atoms with van der Waals surface area (Å²) in [5.41, 5.74) is 5.69. The number of amides is 1. The van der Waals surface area contributed by atoms with Crippen molar-refractivity contribution in [3.05, 3.63) is 102 Å². The van der Waals surface area contributed by atoms with Crippen LogP contribution in [-0.4, -0.2) is 10.9 Å². The lowest BCUT2D eigenvalue weighted by molar-refractivity contribution is 0.0952. The summed E-state index contributed by atoms with van der Waals surface area (Å²) in [6.07, 6.45) is 0.947. The Morgan fingerprint density at radius 2 is 1.54 bits per heavy atom. The van der Waals surface area contributed by atoms with Crippen LogP contribution in [0, 0.1) is 0 Å². The molecule has 0 fully saturated rings. The monoisotopic (exact) mass is 366 g/mol. The molecule has 28 heavy (non-hydrogen) atoms. The Hall–Kier alpha value is -3.46. The number of para-hydroxylation sites is 1. The van der Waals surface area contributed by atoms with Gasteiger partial charge in [-0.05, 0) is 29.7 Å². The van der Waals surface area contributed by atoms with Crippen molar-refractivity contribution in [2.45, 2.75) is 19.9 Å². The zero-order chi connectivity index (χ0) is 19.3. The molecule has 1 N–H and O–H groups in total. The average Bonchev–Trinajstić information content (AvgIpc) is 2.77. The number of fused-ring (bicyclic) bond motifs is 1. The number of benzene rings is 3. The van der Waals surface area contributed by atoms with E-state index in [2.05, 4.69) is 24.4 Å². The van der Waals surface area contributed by atoms with Gasteiger partial charge in [0.25, 0.3) is 5.91 Å². The fourth-order valence-corrected chi connectivity index (χ4v) is 3.47. The summed E-state index contributed by atoms with van der Waals surface area (Å²) >= 11 is 0. The van der Waals surface area contributed by atoms with Gasteiger partial charge in [0.15, 0.2) is 0 Å². The van der Waals surface area contributed by atoms with Gasteiger partial charge in [0.05, 0.1) is 16.8 Å². The lowest BCUT2D eigenvalue weighted by atomic mass is 10.0. The van der Waals surface area contributed by atoms with E-state index in [4.69, 9.17) is 4.98 Å². The number of carbonyl (C=O) groups is 1. The standard InChI is InChI=1S/C25H22N2O/c1-2-18-10-6-7-13-20(18)17-26-25(28)22-16-24(19-11-4-3-5-12-19)27-23-15-9-8-14-21(22)23/h3-16H,2,17H2,1H3,(H,26,28). The Morgan fingerprint density at radius 1 is 0.857 bits per heavy atom. The Balaban J connectivity index is 1.69. The molecule has 0 aliphatic heterocycles.